The average molecular weight is 501 g/mol. The second-order valence-corrected chi connectivity index (χ2v) is 9.10. The van der Waals surface area contributed by atoms with E-state index in [1.807, 2.05) is 0 Å². The number of aromatic nitrogens is 3. The number of fused-ring (bicyclic) bond motifs is 1. The quantitative estimate of drug-likeness (QED) is 0.373. The summed E-state index contributed by atoms with van der Waals surface area (Å²) >= 11 is 0.912. The van der Waals surface area contributed by atoms with Crippen molar-refractivity contribution >= 4 is 39.5 Å². The monoisotopic (exact) mass is 500 g/mol. The molecule has 1 aliphatic heterocycles. The Labute approximate surface area is 205 Å². The number of halogens is 1. The van der Waals surface area contributed by atoms with Crippen molar-refractivity contribution in [1.82, 2.24) is 29.0 Å². The fraction of sp³-hybridized carbons (Fsp3) is 0.391. The number of ketones is 1. The van der Waals surface area contributed by atoms with Gasteiger partial charge >= 0.3 is 0 Å². The molecule has 1 fully saturated rings. The van der Waals surface area contributed by atoms with Crippen LogP contribution in [0.25, 0.3) is 10.3 Å². The number of hydrogen-bond donors (Lipinski definition) is 0. The van der Waals surface area contributed by atoms with Gasteiger partial charge < -0.3 is 14.5 Å². The highest BCUT2D eigenvalue weighted by molar-refractivity contribution is 7.13. The lowest BCUT2D eigenvalue weighted by molar-refractivity contribution is -0.124. The molecule has 0 atom stereocenters. The summed E-state index contributed by atoms with van der Waals surface area (Å²) in [6, 6.07) is 6.39. The third kappa shape index (κ3) is 5.28. The smallest absolute Gasteiger partial charge is 0.296 e. The van der Waals surface area contributed by atoms with Crippen molar-refractivity contribution in [2.45, 2.75) is 13.0 Å². The van der Waals surface area contributed by atoms with Gasteiger partial charge in [0.05, 0.1) is 7.11 Å². The van der Waals surface area contributed by atoms with Gasteiger partial charge in [-0.1, -0.05) is 12.1 Å². The second kappa shape index (κ2) is 10.4. The van der Waals surface area contributed by atoms with Crippen LogP contribution in [-0.4, -0.2) is 94.0 Å². The zero-order valence-electron chi connectivity index (χ0n) is 19.7. The molecule has 4 rings (SSSR count). The van der Waals surface area contributed by atoms with Crippen LogP contribution in [-0.2, 0) is 11.3 Å². The minimum atomic E-state index is -0.815. The highest BCUT2D eigenvalue weighted by atomic mass is 32.1. The van der Waals surface area contributed by atoms with Crippen molar-refractivity contribution < 1.29 is 23.5 Å². The number of Topliss-reactive ketones (excluding diaryl/α,β-unsaturated/α-hetero) is 1. The number of nitrogens with zero attached hydrogens (tertiary/aromatic N) is 6. The fourth-order valence-corrected chi connectivity index (χ4v) is 4.52. The summed E-state index contributed by atoms with van der Waals surface area (Å²) in [7, 11) is 4.33. The van der Waals surface area contributed by atoms with Gasteiger partial charge in [-0.3, -0.25) is 19.3 Å². The number of carbonyl (C=O) groups excluding carboxylic acids is 3. The normalized spacial score (nSPS) is 14.6. The molecule has 0 radical (unpaired) electrons. The molecule has 3 heterocycles. The Morgan fingerprint density at radius 2 is 1.80 bits per heavy atom. The minimum Gasteiger partial charge on any atom is -0.479 e. The lowest BCUT2D eigenvalue weighted by Crippen LogP contribution is -2.36. The van der Waals surface area contributed by atoms with Crippen molar-refractivity contribution in [2.24, 2.45) is 0 Å². The van der Waals surface area contributed by atoms with Crippen molar-refractivity contribution in [3.8, 4) is 5.88 Å². The number of hydrogen-bond acceptors (Lipinski definition) is 9. The first-order valence-electron chi connectivity index (χ1n) is 11.0. The van der Waals surface area contributed by atoms with Gasteiger partial charge in [-0.15, -0.1) is 0 Å². The summed E-state index contributed by atoms with van der Waals surface area (Å²) < 4.78 is 22.6. The van der Waals surface area contributed by atoms with Crippen molar-refractivity contribution in [3.05, 3.63) is 47.0 Å². The zero-order chi connectivity index (χ0) is 25.1. The SMILES string of the molecule is COc1nc2snc(C(=O)C(=O)N(C)C)c2nc1C(=O)N1CCCN(Cc2ccc(F)cc2)CC1. The fourth-order valence-electron chi connectivity index (χ4n) is 3.82. The summed E-state index contributed by atoms with van der Waals surface area (Å²) in [4.78, 5) is 52.2. The van der Waals surface area contributed by atoms with Crippen molar-refractivity contribution in [1.29, 1.82) is 0 Å². The molecule has 3 aromatic rings. The van der Waals surface area contributed by atoms with E-state index in [2.05, 4.69) is 19.2 Å². The predicted octanol–water partition coefficient (Wildman–Crippen LogP) is 1.85. The molecule has 184 valence electrons. The summed E-state index contributed by atoms with van der Waals surface area (Å²) in [5, 5.41) is 0. The molecule has 1 aromatic carbocycles. The van der Waals surface area contributed by atoms with E-state index < -0.39 is 11.7 Å². The lowest BCUT2D eigenvalue weighted by atomic mass is 10.2. The number of methoxy groups -OCH3 is 1. The van der Waals surface area contributed by atoms with Gasteiger partial charge in [0.15, 0.2) is 16.2 Å². The van der Waals surface area contributed by atoms with Crippen LogP contribution in [0.15, 0.2) is 24.3 Å². The summed E-state index contributed by atoms with van der Waals surface area (Å²) in [6.45, 7) is 3.03. The molecule has 0 spiro atoms. The van der Waals surface area contributed by atoms with Crippen LogP contribution >= 0.6 is 11.5 Å². The number of rotatable bonds is 6. The van der Waals surface area contributed by atoms with Crippen LogP contribution in [0.2, 0.25) is 0 Å². The lowest BCUT2D eigenvalue weighted by Gasteiger charge is -2.22. The Balaban J connectivity index is 1.55. The molecular formula is C23H25FN6O4S. The molecule has 0 bridgehead atoms. The van der Waals surface area contributed by atoms with E-state index in [1.54, 1.807) is 17.0 Å². The first-order valence-corrected chi connectivity index (χ1v) is 11.8. The van der Waals surface area contributed by atoms with Gasteiger partial charge in [-0.25, -0.2) is 9.37 Å². The highest BCUT2D eigenvalue weighted by Crippen LogP contribution is 2.26. The standard InChI is InChI=1S/C23H25FN6O4S/c1-28(2)23(33)19(31)16-17-21(35-27-16)26-20(34-3)18(25-17)22(32)30-10-4-9-29(11-12-30)13-14-5-7-15(24)8-6-14/h5-8H,4,9-13H2,1-3H3. The van der Waals surface area contributed by atoms with E-state index in [1.165, 1.54) is 33.3 Å². The van der Waals surface area contributed by atoms with Gasteiger partial charge in [-0.05, 0) is 35.6 Å². The van der Waals surface area contributed by atoms with E-state index in [9.17, 15) is 18.8 Å². The third-order valence-electron chi connectivity index (χ3n) is 5.69. The molecule has 1 aliphatic rings. The molecule has 35 heavy (non-hydrogen) atoms. The molecule has 0 saturated carbocycles. The van der Waals surface area contributed by atoms with E-state index in [-0.39, 0.29) is 34.5 Å². The van der Waals surface area contributed by atoms with Gasteiger partial charge in [0, 0.05) is 46.8 Å². The van der Waals surface area contributed by atoms with Crippen LogP contribution in [0.1, 0.15) is 33.0 Å². The Kier molecular flexibility index (Phi) is 7.31. The van der Waals surface area contributed by atoms with E-state index in [4.69, 9.17) is 4.74 Å². The Bertz CT molecular complexity index is 1260. The zero-order valence-corrected chi connectivity index (χ0v) is 20.5. The first kappa shape index (κ1) is 24.6. The van der Waals surface area contributed by atoms with Crippen molar-refractivity contribution in [2.75, 3.05) is 47.4 Å². The Hall–Kier alpha value is -3.51. The van der Waals surface area contributed by atoms with Gasteiger partial charge in [0.25, 0.3) is 17.6 Å². The molecule has 2 amide bonds. The molecule has 0 unspecified atom stereocenters. The predicted molar refractivity (Wildman–Crippen MR) is 127 cm³/mol. The Morgan fingerprint density at radius 1 is 1.06 bits per heavy atom. The summed E-state index contributed by atoms with van der Waals surface area (Å²) in [5.41, 5.74) is 0.943. The van der Waals surface area contributed by atoms with E-state index in [0.717, 1.165) is 35.0 Å². The number of carbonyl (C=O) groups is 3. The number of likely N-dealkylation sites (N-methyl/N-ethyl adjacent to an activating group) is 1. The first-order chi connectivity index (χ1) is 16.8. The van der Waals surface area contributed by atoms with E-state index in [0.29, 0.717) is 31.0 Å². The number of ether oxygens (including phenoxy) is 1. The van der Waals surface area contributed by atoms with Gasteiger partial charge in [0.2, 0.25) is 5.88 Å². The van der Waals surface area contributed by atoms with Crippen LogP contribution in [0.5, 0.6) is 5.88 Å². The average Bonchev–Trinajstić information content (AvgIpc) is 3.13. The number of amides is 2. The van der Waals surface area contributed by atoms with Crippen LogP contribution in [0, 0.1) is 5.82 Å². The molecule has 2 aromatic heterocycles. The number of benzene rings is 1. The summed E-state index contributed by atoms with van der Waals surface area (Å²) in [6.07, 6.45) is 0.742. The van der Waals surface area contributed by atoms with Gasteiger partial charge in [0.1, 0.15) is 11.3 Å². The third-order valence-corrected chi connectivity index (χ3v) is 6.42. The highest BCUT2D eigenvalue weighted by Gasteiger charge is 2.30. The summed E-state index contributed by atoms with van der Waals surface area (Å²) in [5.74, 6) is -2.16. The minimum absolute atomic E-state index is 0.0291. The largest absolute Gasteiger partial charge is 0.479 e. The van der Waals surface area contributed by atoms with Crippen LogP contribution < -0.4 is 4.74 Å². The van der Waals surface area contributed by atoms with Crippen LogP contribution in [0.3, 0.4) is 0 Å². The maximum atomic E-state index is 13.4. The molecule has 0 N–H and O–H groups in total. The molecule has 1 saturated heterocycles. The maximum Gasteiger partial charge on any atom is 0.296 e. The molecule has 0 aliphatic carbocycles. The molecule has 10 nitrogen and oxygen atoms in total. The molecular weight excluding hydrogens is 475 g/mol. The topological polar surface area (TPSA) is 109 Å². The maximum absolute atomic E-state index is 13.4. The van der Waals surface area contributed by atoms with Crippen molar-refractivity contribution in [3.63, 3.8) is 0 Å². The van der Waals surface area contributed by atoms with Gasteiger partial charge in [-0.2, -0.15) is 9.36 Å². The van der Waals surface area contributed by atoms with E-state index >= 15 is 0 Å². The van der Waals surface area contributed by atoms with Crippen LogP contribution in [0.4, 0.5) is 4.39 Å². The second-order valence-electron chi connectivity index (χ2n) is 8.34. The molecule has 12 heteroatoms. The Morgan fingerprint density at radius 3 is 2.49 bits per heavy atom.